The fraction of sp³-hybridized carbons (Fsp3) is 0.625. The van der Waals surface area contributed by atoms with Crippen LogP contribution < -0.4 is 0 Å². The lowest BCUT2D eigenvalue weighted by Crippen LogP contribution is -2.25. The Labute approximate surface area is 61.8 Å². The van der Waals surface area contributed by atoms with Crippen molar-refractivity contribution < 1.29 is 0 Å². The van der Waals surface area contributed by atoms with E-state index in [1.807, 2.05) is 0 Å². The molecule has 2 heteroatoms. The third-order valence-electron chi connectivity index (χ3n) is 1.72. The highest BCUT2D eigenvalue weighted by molar-refractivity contribution is 5.12. The van der Waals surface area contributed by atoms with Crippen LogP contribution in [0, 0.1) is 11.3 Å². The van der Waals surface area contributed by atoms with Gasteiger partial charge in [-0.1, -0.05) is 6.08 Å². The van der Waals surface area contributed by atoms with E-state index in [4.69, 9.17) is 5.26 Å². The summed E-state index contributed by atoms with van der Waals surface area (Å²) >= 11 is 0. The first-order valence-corrected chi connectivity index (χ1v) is 3.56. The maximum atomic E-state index is 8.40. The third kappa shape index (κ3) is 1.85. The summed E-state index contributed by atoms with van der Waals surface area (Å²) in [5.41, 5.74) is 1.27. The molecule has 1 rings (SSSR count). The number of likely N-dealkylation sites (N-methyl/N-ethyl adjacent to an activating group) is 1. The molecule has 0 spiro atoms. The fourth-order valence-electron chi connectivity index (χ4n) is 1.21. The summed E-state index contributed by atoms with van der Waals surface area (Å²) in [4.78, 5) is 2.24. The Kier molecular flexibility index (Phi) is 2.47. The standard InChI is InChI=1S/C8H12N2/c1-10-6-2-3-8(7-10)4-5-9/h3H,2,4,6-7H2,1H3. The molecule has 0 atom stereocenters. The van der Waals surface area contributed by atoms with Crippen LogP contribution in [0.3, 0.4) is 0 Å². The van der Waals surface area contributed by atoms with E-state index in [9.17, 15) is 0 Å². The van der Waals surface area contributed by atoms with Crippen LogP contribution in [-0.4, -0.2) is 25.0 Å². The van der Waals surface area contributed by atoms with Crippen LogP contribution in [0.2, 0.25) is 0 Å². The van der Waals surface area contributed by atoms with Crippen molar-refractivity contribution >= 4 is 0 Å². The van der Waals surface area contributed by atoms with Crippen LogP contribution in [0.1, 0.15) is 12.8 Å². The highest BCUT2D eigenvalue weighted by Crippen LogP contribution is 2.09. The van der Waals surface area contributed by atoms with Gasteiger partial charge >= 0.3 is 0 Å². The molecule has 0 saturated carbocycles. The second-order valence-corrected chi connectivity index (χ2v) is 2.72. The Morgan fingerprint density at radius 1 is 1.80 bits per heavy atom. The molecule has 10 heavy (non-hydrogen) atoms. The maximum Gasteiger partial charge on any atom is 0.0666 e. The normalized spacial score (nSPS) is 19.8. The molecule has 0 unspecified atom stereocenters. The van der Waals surface area contributed by atoms with E-state index < -0.39 is 0 Å². The molecular weight excluding hydrogens is 124 g/mol. The molecule has 0 aromatic heterocycles. The number of hydrogen-bond donors (Lipinski definition) is 0. The summed E-state index contributed by atoms with van der Waals surface area (Å²) < 4.78 is 0. The molecule has 1 heterocycles. The van der Waals surface area contributed by atoms with Gasteiger partial charge in [-0.15, -0.1) is 0 Å². The monoisotopic (exact) mass is 136 g/mol. The lowest BCUT2D eigenvalue weighted by molar-refractivity contribution is 0.353. The molecule has 0 aromatic carbocycles. The predicted octanol–water partition coefficient (Wildman–Crippen LogP) is 1.16. The Morgan fingerprint density at radius 3 is 3.20 bits per heavy atom. The summed E-state index contributed by atoms with van der Waals surface area (Å²) in [5, 5.41) is 8.40. The Morgan fingerprint density at radius 2 is 2.60 bits per heavy atom. The molecule has 0 fully saturated rings. The SMILES string of the molecule is CN1CCC=C(CC#N)C1. The van der Waals surface area contributed by atoms with Crippen molar-refractivity contribution in [2.45, 2.75) is 12.8 Å². The van der Waals surface area contributed by atoms with E-state index in [2.05, 4.69) is 24.1 Å². The number of nitriles is 1. The van der Waals surface area contributed by atoms with Crippen molar-refractivity contribution in [2.75, 3.05) is 20.1 Å². The van der Waals surface area contributed by atoms with E-state index in [1.165, 1.54) is 5.57 Å². The van der Waals surface area contributed by atoms with Gasteiger partial charge in [-0.05, 0) is 19.0 Å². The largest absolute Gasteiger partial charge is 0.302 e. The van der Waals surface area contributed by atoms with Crippen molar-refractivity contribution in [3.8, 4) is 6.07 Å². The average molecular weight is 136 g/mol. The third-order valence-corrected chi connectivity index (χ3v) is 1.72. The summed E-state index contributed by atoms with van der Waals surface area (Å²) in [6.45, 7) is 2.11. The maximum absolute atomic E-state index is 8.40. The van der Waals surface area contributed by atoms with Gasteiger partial charge in [0.2, 0.25) is 0 Å². The van der Waals surface area contributed by atoms with Gasteiger partial charge in [0, 0.05) is 13.1 Å². The summed E-state index contributed by atoms with van der Waals surface area (Å²) in [5.74, 6) is 0. The second kappa shape index (κ2) is 3.38. The van der Waals surface area contributed by atoms with Gasteiger partial charge in [-0.25, -0.2) is 0 Å². The molecule has 0 radical (unpaired) electrons. The van der Waals surface area contributed by atoms with Crippen molar-refractivity contribution in [1.29, 1.82) is 5.26 Å². The Bertz CT molecular complexity index is 176. The Balaban J connectivity index is 2.45. The second-order valence-electron chi connectivity index (χ2n) is 2.72. The van der Waals surface area contributed by atoms with Crippen molar-refractivity contribution in [3.63, 3.8) is 0 Å². The zero-order valence-corrected chi connectivity index (χ0v) is 6.30. The van der Waals surface area contributed by atoms with Gasteiger partial charge < -0.3 is 4.90 Å². The van der Waals surface area contributed by atoms with Crippen molar-refractivity contribution in [3.05, 3.63) is 11.6 Å². The van der Waals surface area contributed by atoms with Gasteiger partial charge in [0.25, 0.3) is 0 Å². The van der Waals surface area contributed by atoms with E-state index in [0.717, 1.165) is 19.5 Å². The molecule has 0 aromatic rings. The fourth-order valence-corrected chi connectivity index (χ4v) is 1.21. The highest BCUT2D eigenvalue weighted by atomic mass is 15.1. The molecule has 1 aliphatic rings. The molecule has 0 amide bonds. The summed E-state index contributed by atoms with van der Waals surface area (Å²) in [6, 6.07) is 2.16. The van der Waals surface area contributed by atoms with Crippen LogP contribution in [0.25, 0.3) is 0 Å². The van der Waals surface area contributed by atoms with Gasteiger partial charge in [0.05, 0.1) is 12.5 Å². The van der Waals surface area contributed by atoms with Gasteiger partial charge in [-0.2, -0.15) is 5.26 Å². The first-order chi connectivity index (χ1) is 4.83. The van der Waals surface area contributed by atoms with E-state index in [-0.39, 0.29) is 0 Å². The minimum atomic E-state index is 0.602. The molecule has 0 aliphatic carbocycles. The van der Waals surface area contributed by atoms with Crippen LogP contribution >= 0.6 is 0 Å². The minimum absolute atomic E-state index is 0.602. The number of rotatable bonds is 1. The quantitative estimate of drug-likeness (QED) is 0.506. The van der Waals surface area contributed by atoms with Gasteiger partial charge in [0.1, 0.15) is 0 Å². The van der Waals surface area contributed by atoms with Crippen LogP contribution in [0.15, 0.2) is 11.6 Å². The topological polar surface area (TPSA) is 27.0 Å². The zero-order valence-electron chi connectivity index (χ0n) is 6.30. The van der Waals surface area contributed by atoms with Crippen LogP contribution in [0.4, 0.5) is 0 Å². The summed E-state index contributed by atoms with van der Waals surface area (Å²) in [7, 11) is 2.09. The molecule has 2 nitrogen and oxygen atoms in total. The van der Waals surface area contributed by atoms with E-state index in [1.54, 1.807) is 0 Å². The van der Waals surface area contributed by atoms with Gasteiger partial charge in [-0.3, -0.25) is 0 Å². The predicted molar refractivity (Wildman–Crippen MR) is 40.4 cm³/mol. The van der Waals surface area contributed by atoms with Crippen LogP contribution in [-0.2, 0) is 0 Å². The molecule has 0 N–H and O–H groups in total. The smallest absolute Gasteiger partial charge is 0.0666 e. The van der Waals surface area contributed by atoms with Gasteiger partial charge in [0.15, 0.2) is 0 Å². The van der Waals surface area contributed by atoms with Crippen LogP contribution in [0.5, 0.6) is 0 Å². The first kappa shape index (κ1) is 7.30. The molecule has 0 bridgehead atoms. The summed E-state index contributed by atoms with van der Waals surface area (Å²) in [6.07, 6.45) is 3.89. The molecule has 54 valence electrons. The average Bonchev–Trinajstić information content (AvgIpc) is 1.88. The van der Waals surface area contributed by atoms with Crippen molar-refractivity contribution in [1.82, 2.24) is 4.90 Å². The zero-order chi connectivity index (χ0) is 7.40. The minimum Gasteiger partial charge on any atom is -0.302 e. The first-order valence-electron chi connectivity index (χ1n) is 3.56. The van der Waals surface area contributed by atoms with E-state index >= 15 is 0 Å². The molecule has 0 saturated heterocycles. The lowest BCUT2D eigenvalue weighted by Gasteiger charge is -2.21. The molecular formula is C8H12N2. The highest BCUT2D eigenvalue weighted by Gasteiger charge is 2.06. The Hall–Kier alpha value is -0.810. The molecule has 1 aliphatic heterocycles. The van der Waals surface area contributed by atoms with E-state index in [0.29, 0.717) is 6.42 Å². The lowest BCUT2D eigenvalue weighted by atomic mass is 10.1. The number of hydrogen-bond acceptors (Lipinski definition) is 2. The van der Waals surface area contributed by atoms with Crippen molar-refractivity contribution in [2.24, 2.45) is 0 Å². The number of nitrogens with zero attached hydrogens (tertiary/aromatic N) is 2.